The van der Waals surface area contributed by atoms with Crippen molar-refractivity contribution in [2.24, 2.45) is 0 Å². The van der Waals surface area contributed by atoms with E-state index in [1.54, 1.807) is 0 Å². The normalized spacial score (nSPS) is 14.5. The summed E-state index contributed by atoms with van der Waals surface area (Å²) in [5.74, 6) is -2.78. The number of ether oxygens (including phenoxy) is 1. The van der Waals surface area contributed by atoms with Gasteiger partial charge in [-0.1, -0.05) is 0 Å². The molecule has 0 N–H and O–H groups in total. The molecule has 146 valence electrons. The number of nitrogens with zero attached hydrogens (tertiary/aromatic N) is 1. The summed E-state index contributed by atoms with van der Waals surface area (Å²) in [6, 6.07) is 1.38. The fraction of sp³-hybridized carbons (Fsp3) is 0.364. The summed E-state index contributed by atoms with van der Waals surface area (Å²) in [7, 11) is -6.17. The molecular formula is C11H7F6NO6S2. The first-order valence-corrected chi connectivity index (χ1v) is 8.57. The van der Waals surface area contributed by atoms with Gasteiger partial charge < -0.3 is 4.74 Å². The van der Waals surface area contributed by atoms with Crippen molar-refractivity contribution in [3.05, 3.63) is 28.3 Å². The molecule has 0 aliphatic heterocycles. The Balaban J connectivity index is 3.05. The van der Waals surface area contributed by atoms with Crippen molar-refractivity contribution in [3.63, 3.8) is 0 Å². The van der Waals surface area contributed by atoms with Gasteiger partial charge in [0.15, 0.2) is 17.4 Å². The van der Waals surface area contributed by atoms with Crippen LogP contribution in [-0.2, 0) is 31.1 Å². The first-order valence-electron chi connectivity index (χ1n) is 6.10. The highest BCUT2D eigenvalue weighted by Gasteiger charge is 2.39. The molecule has 7 nitrogen and oxygen atoms in total. The number of hydrogen-bond donors (Lipinski definition) is 0. The minimum atomic E-state index is -5.20. The molecule has 15 heteroatoms. The van der Waals surface area contributed by atoms with Crippen LogP contribution in [-0.4, -0.2) is 43.4 Å². The van der Waals surface area contributed by atoms with Gasteiger partial charge in [-0.3, -0.25) is 19.1 Å². The van der Waals surface area contributed by atoms with Crippen molar-refractivity contribution in [2.45, 2.75) is 21.5 Å². The summed E-state index contributed by atoms with van der Waals surface area (Å²) in [5, 5.41) is 10.9. The standard InChI is InChI=1S/C11H7F6NO6S2/c12-10(13,14)5-24-9(19)4-25(22)8-2-1-6(3-7(8)18(20)21)26(23)11(15,16)17/h1-3H,4-5H2. The van der Waals surface area contributed by atoms with E-state index in [0.717, 1.165) is 0 Å². The molecule has 0 aromatic heterocycles. The average Bonchev–Trinajstić information content (AvgIpc) is 2.50. The van der Waals surface area contributed by atoms with E-state index in [0.29, 0.717) is 12.1 Å². The molecule has 2 unspecified atom stereocenters. The molecule has 0 aliphatic carbocycles. The predicted molar refractivity (Wildman–Crippen MR) is 73.8 cm³/mol. The van der Waals surface area contributed by atoms with Crippen molar-refractivity contribution in [3.8, 4) is 0 Å². The number of halogens is 6. The maximum absolute atomic E-state index is 12.4. The Morgan fingerprint density at radius 2 is 1.73 bits per heavy atom. The maximum atomic E-state index is 12.4. The van der Waals surface area contributed by atoms with Crippen LogP contribution in [0.1, 0.15) is 0 Å². The summed E-state index contributed by atoms with van der Waals surface area (Å²) in [4.78, 5) is 19.1. The van der Waals surface area contributed by atoms with Gasteiger partial charge in [0.25, 0.3) is 5.69 Å². The average molecular weight is 427 g/mol. The minimum absolute atomic E-state index is 0.262. The van der Waals surface area contributed by atoms with Gasteiger partial charge in [0.1, 0.15) is 10.6 Å². The van der Waals surface area contributed by atoms with Gasteiger partial charge >= 0.3 is 17.7 Å². The van der Waals surface area contributed by atoms with Gasteiger partial charge in [0.2, 0.25) is 0 Å². The number of alkyl halides is 6. The molecule has 0 spiro atoms. The zero-order chi connectivity index (χ0) is 20.3. The van der Waals surface area contributed by atoms with Gasteiger partial charge in [0, 0.05) is 6.07 Å². The third kappa shape index (κ3) is 6.36. The fourth-order valence-corrected chi connectivity index (χ4v) is 3.19. The Kier molecular flexibility index (Phi) is 6.87. The molecule has 0 amide bonds. The van der Waals surface area contributed by atoms with E-state index in [9.17, 15) is 49.7 Å². The first kappa shape index (κ1) is 22.0. The van der Waals surface area contributed by atoms with Crippen molar-refractivity contribution in [1.82, 2.24) is 0 Å². The topological polar surface area (TPSA) is 104 Å². The number of hydrogen-bond acceptors (Lipinski definition) is 6. The van der Waals surface area contributed by atoms with Crippen molar-refractivity contribution in [2.75, 3.05) is 12.4 Å². The lowest BCUT2D eigenvalue weighted by Gasteiger charge is -2.09. The number of rotatable bonds is 6. The van der Waals surface area contributed by atoms with Crippen LogP contribution in [0.5, 0.6) is 0 Å². The first-order chi connectivity index (χ1) is 11.7. The molecule has 0 fully saturated rings. The number of nitro groups is 1. The fourth-order valence-electron chi connectivity index (χ4n) is 1.47. The third-order valence-corrected chi connectivity index (χ3v) is 4.88. The molecule has 0 radical (unpaired) electrons. The van der Waals surface area contributed by atoms with E-state index >= 15 is 0 Å². The monoisotopic (exact) mass is 427 g/mol. The van der Waals surface area contributed by atoms with Crippen LogP contribution in [0.3, 0.4) is 0 Å². The Bertz CT molecular complexity index is 763. The molecule has 0 heterocycles. The third-order valence-electron chi connectivity index (χ3n) is 2.44. The van der Waals surface area contributed by atoms with Crippen molar-refractivity contribution >= 4 is 33.3 Å². The van der Waals surface area contributed by atoms with Crippen molar-refractivity contribution in [1.29, 1.82) is 0 Å². The van der Waals surface area contributed by atoms with Gasteiger partial charge in [-0.25, -0.2) is 4.21 Å². The van der Waals surface area contributed by atoms with Crippen LogP contribution in [0.4, 0.5) is 32.0 Å². The maximum Gasteiger partial charge on any atom is 0.475 e. The zero-order valence-corrected chi connectivity index (χ0v) is 13.8. The van der Waals surface area contributed by atoms with Gasteiger partial charge in [-0.2, -0.15) is 26.3 Å². The van der Waals surface area contributed by atoms with E-state index in [-0.39, 0.29) is 6.07 Å². The number of esters is 1. The lowest BCUT2D eigenvalue weighted by Crippen LogP contribution is -2.23. The SMILES string of the molecule is O=C(CS(=O)c1ccc(S(=O)C(F)(F)F)cc1[N+](=O)[O-])OCC(F)(F)F. The second kappa shape index (κ2) is 8.11. The summed E-state index contributed by atoms with van der Waals surface area (Å²) in [5.41, 5.74) is -6.34. The highest BCUT2D eigenvalue weighted by molar-refractivity contribution is 7.86. The second-order valence-corrected chi connectivity index (χ2v) is 7.26. The van der Waals surface area contributed by atoms with Crippen LogP contribution in [0.15, 0.2) is 28.0 Å². The predicted octanol–water partition coefficient (Wildman–Crippen LogP) is 2.44. The molecule has 0 saturated carbocycles. The number of benzene rings is 1. The van der Waals surface area contributed by atoms with Crippen LogP contribution in [0.25, 0.3) is 0 Å². The summed E-state index contributed by atoms with van der Waals surface area (Å²) in [6.45, 7) is -1.96. The van der Waals surface area contributed by atoms with Gasteiger partial charge in [-0.15, -0.1) is 0 Å². The highest BCUT2D eigenvalue weighted by atomic mass is 32.2. The number of carbonyl (C=O) groups is 1. The summed E-state index contributed by atoms with van der Waals surface area (Å²) in [6.07, 6.45) is -4.84. The minimum Gasteiger partial charge on any atom is -0.455 e. The van der Waals surface area contributed by atoms with Gasteiger partial charge in [-0.05, 0) is 12.1 Å². The molecule has 0 saturated heterocycles. The molecule has 26 heavy (non-hydrogen) atoms. The van der Waals surface area contributed by atoms with E-state index in [2.05, 4.69) is 4.74 Å². The lowest BCUT2D eigenvalue weighted by molar-refractivity contribution is -0.388. The van der Waals surface area contributed by atoms with E-state index < -0.39 is 72.0 Å². The lowest BCUT2D eigenvalue weighted by atomic mass is 10.3. The van der Waals surface area contributed by atoms with E-state index in [1.807, 2.05) is 0 Å². The van der Waals surface area contributed by atoms with E-state index in [1.165, 1.54) is 0 Å². The Labute approximate surface area is 145 Å². The Morgan fingerprint density at radius 3 is 2.19 bits per heavy atom. The number of nitro benzene ring substituents is 1. The quantitative estimate of drug-likeness (QED) is 0.299. The van der Waals surface area contributed by atoms with Gasteiger partial charge in [0.05, 0.1) is 20.6 Å². The molecule has 0 aliphatic rings. The van der Waals surface area contributed by atoms with Crippen LogP contribution < -0.4 is 0 Å². The smallest absolute Gasteiger partial charge is 0.455 e. The molecule has 1 aromatic rings. The Hall–Kier alpha value is -2.03. The summed E-state index contributed by atoms with van der Waals surface area (Å²) >= 11 is 0. The van der Waals surface area contributed by atoms with E-state index in [4.69, 9.17) is 0 Å². The molecule has 1 rings (SSSR count). The van der Waals surface area contributed by atoms with Crippen molar-refractivity contribution < 1.29 is 49.2 Å². The Morgan fingerprint density at radius 1 is 1.15 bits per heavy atom. The van der Waals surface area contributed by atoms with Crippen LogP contribution >= 0.6 is 0 Å². The molecule has 1 aromatic carbocycles. The molecule has 0 bridgehead atoms. The summed E-state index contributed by atoms with van der Waals surface area (Å²) < 4.78 is 99.8. The van der Waals surface area contributed by atoms with Crippen LogP contribution in [0.2, 0.25) is 0 Å². The second-order valence-electron chi connectivity index (χ2n) is 4.37. The number of carbonyl (C=O) groups excluding carboxylic acids is 1. The zero-order valence-electron chi connectivity index (χ0n) is 12.1. The largest absolute Gasteiger partial charge is 0.475 e. The highest BCUT2D eigenvalue weighted by Crippen LogP contribution is 2.31. The van der Waals surface area contributed by atoms with Crippen LogP contribution in [0, 0.1) is 10.1 Å². The molecule has 2 atom stereocenters. The molecular weight excluding hydrogens is 420 g/mol.